The first-order chi connectivity index (χ1) is 8.06. The van der Waals surface area contributed by atoms with Gasteiger partial charge in [0.15, 0.2) is 0 Å². The van der Waals surface area contributed by atoms with Crippen LogP contribution in [0.15, 0.2) is 17.3 Å². The molecule has 0 aromatic rings. The van der Waals surface area contributed by atoms with Crippen molar-refractivity contribution in [1.29, 1.82) is 0 Å². The molecule has 0 saturated heterocycles. The van der Waals surface area contributed by atoms with Crippen LogP contribution in [0.25, 0.3) is 0 Å². The molecule has 0 amide bonds. The molecule has 1 unspecified atom stereocenters. The van der Waals surface area contributed by atoms with Crippen molar-refractivity contribution in [2.75, 3.05) is 19.6 Å². The minimum Gasteiger partial charge on any atom is -0.480 e. The van der Waals surface area contributed by atoms with Gasteiger partial charge in [-0.25, -0.2) is 4.99 Å². The third-order valence-corrected chi connectivity index (χ3v) is 2.47. The zero-order chi connectivity index (χ0) is 13.3. The lowest BCUT2D eigenvalue weighted by Crippen LogP contribution is -2.42. The summed E-state index contributed by atoms with van der Waals surface area (Å²) >= 11 is 0. The van der Waals surface area contributed by atoms with Crippen molar-refractivity contribution in [3.63, 3.8) is 0 Å². The maximum Gasteiger partial charge on any atom is 0.321 e. The molecule has 0 aromatic carbocycles. The first-order valence-electron chi connectivity index (χ1n) is 5.65. The van der Waals surface area contributed by atoms with E-state index < -0.39 is 12.0 Å². The second-order valence-corrected chi connectivity index (χ2v) is 3.67. The van der Waals surface area contributed by atoms with E-state index in [1.807, 2.05) is 11.8 Å². The molecular weight excluding hydrogens is 220 g/mol. The molecule has 98 valence electrons. The Morgan fingerprint density at radius 1 is 1.65 bits per heavy atom. The number of aliphatic imine (C=N–C) groups is 1. The summed E-state index contributed by atoms with van der Waals surface area (Å²) in [6.45, 7) is 7.44. The second-order valence-electron chi connectivity index (χ2n) is 3.67. The maximum absolute atomic E-state index is 11.2. The molecule has 1 atom stereocenters. The number of nitrogens with zero attached hydrogens (tertiary/aromatic N) is 2. The topological polar surface area (TPSA) is 105 Å². The summed E-state index contributed by atoms with van der Waals surface area (Å²) in [5.74, 6) is -0.878. The summed E-state index contributed by atoms with van der Waals surface area (Å²) in [5.41, 5.74) is 11.0. The predicted octanol–water partition coefficient (Wildman–Crippen LogP) is 0.00110. The molecule has 0 radical (unpaired) electrons. The quantitative estimate of drug-likeness (QED) is 0.390. The monoisotopic (exact) mass is 242 g/mol. The molecule has 0 saturated carbocycles. The van der Waals surface area contributed by atoms with Crippen molar-refractivity contribution in [3.05, 3.63) is 12.3 Å². The standard InChI is InChI=1S/C11H22N4O2/c1-3-15(6-4-5-12)10(11(16)17)7-9(2)14-8-13/h8,10H,2-7,12H2,1H3,(H2,13,14)(H,16,17). The van der Waals surface area contributed by atoms with Crippen LogP contribution in [0.3, 0.4) is 0 Å². The lowest BCUT2D eigenvalue weighted by atomic mass is 10.1. The first kappa shape index (κ1) is 15.6. The Hall–Kier alpha value is -1.40. The van der Waals surface area contributed by atoms with Gasteiger partial charge in [-0.2, -0.15) is 0 Å². The van der Waals surface area contributed by atoms with E-state index in [0.29, 0.717) is 25.3 Å². The van der Waals surface area contributed by atoms with Crippen LogP contribution in [0.1, 0.15) is 19.8 Å². The van der Waals surface area contributed by atoms with Crippen molar-refractivity contribution in [2.24, 2.45) is 16.5 Å². The molecule has 17 heavy (non-hydrogen) atoms. The Labute approximate surface area is 102 Å². The molecule has 6 nitrogen and oxygen atoms in total. The molecule has 0 spiro atoms. The van der Waals surface area contributed by atoms with Gasteiger partial charge in [0, 0.05) is 18.7 Å². The largest absolute Gasteiger partial charge is 0.480 e. The van der Waals surface area contributed by atoms with E-state index >= 15 is 0 Å². The third-order valence-electron chi connectivity index (χ3n) is 2.47. The Balaban J connectivity index is 4.57. The van der Waals surface area contributed by atoms with Crippen molar-refractivity contribution >= 4 is 12.3 Å². The SMILES string of the molecule is C=C(CC(C(=O)O)N(CC)CCCN)N=CN. The molecule has 0 fully saturated rings. The van der Waals surface area contributed by atoms with Crippen molar-refractivity contribution < 1.29 is 9.90 Å². The van der Waals surface area contributed by atoms with E-state index in [2.05, 4.69) is 11.6 Å². The fourth-order valence-electron chi connectivity index (χ4n) is 1.58. The van der Waals surface area contributed by atoms with Gasteiger partial charge in [-0.05, 0) is 19.5 Å². The lowest BCUT2D eigenvalue weighted by molar-refractivity contribution is -0.143. The van der Waals surface area contributed by atoms with Crippen LogP contribution in [0.4, 0.5) is 0 Å². The Morgan fingerprint density at radius 2 is 2.29 bits per heavy atom. The molecule has 0 aliphatic rings. The molecule has 0 bridgehead atoms. The molecular formula is C11H22N4O2. The predicted molar refractivity (Wildman–Crippen MR) is 68.8 cm³/mol. The molecule has 0 aromatic heterocycles. The van der Waals surface area contributed by atoms with Crippen molar-refractivity contribution in [3.8, 4) is 0 Å². The van der Waals surface area contributed by atoms with Gasteiger partial charge in [-0.15, -0.1) is 0 Å². The average molecular weight is 242 g/mol. The van der Waals surface area contributed by atoms with Gasteiger partial charge >= 0.3 is 5.97 Å². The minimum atomic E-state index is -0.878. The number of carbonyl (C=O) groups is 1. The number of hydrogen-bond donors (Lipinski definition) is 3. The van der Waals surface area contributed by atoms with E-state index in [0.717, 1.165) is 12.8 Å². The molecule has 5 N–H and O–H groups in total. The normalized spacial score (nSPS) is 13.1. The average Bonchev–Trinajstić information content (AvgIpc) is 2.28. The molecule has 6 heteroatoms. The van der Waals surface area contributed by atoms with Crippen LogP contribution in [0, 0.1) is 0 Å². The lowest BCUT2D eigenvalue weighted by Gasteiger charge is -2.27. The number of hydrogen-bond acceptors (Lipinski definition) is 4. The molecule has 0 aliphatic carbocycles. The number of aliphatic carboxylic acids is 1. The highest BCUT2D eigenvalue weighted by molar-refractivity contribution is 5.74. The van der Waals surface area contributed by atoms with Gasteiger partial charge in [0.05, 0.1) is 6.34 Å². The first-order valence-corrected chi connectivity index (χ1v) is 5.65. The number of rotatable bonds is 9. The number of nitrogens with two attached hydrogens (primary N) is 2. The number of carboxylic acid groups (broad SMARTS) is 1. The zero-order valence-corrected chi connectivity index (χ0v) is 10.3. The summed E-state index contributed by atoms with van der Waals surface area (Å²) < 4.78 is 0. The maximum atomic E-state index is 11.2. The molecule has 0 heterocycles. The smallest absolute Gasteiger partial charge is 0.321 e. The summed E-state index contributed by atoms with van der Waals surface area (Å²) in [7, 11) is 0. The highest BCUT2D eigenvalue weighted by Gasteiger charge is 2.24. The van der Waals surface area contributed by atoms with Crippen molar-refractivity contribution in [2.45, 2.75) is 25.8 Å². The van der Waals surface area contributed by atoms with Crippen LogP contribution in [0.2, 0.25) is 0 Å². The van der Waals surface area contributed by atoms with Gasteiger partial charge in [0.25, 0.3) is 0 Å². The van der Waals surface area contributed by atoms with E-state index in [1.165, 1.54) is 0 Å². The summed E-state index contributed by atoms with van der Waals surface area (Å²) in [5, 5.41) is 9.19. The van der Waals surface area contributed by atoms with E-state index in [-0.39, 0.29) is 6.42 Å². The minimum absolute atomic E-state index is 0.265. The van der Waals surface area contributed by atoms with E-state index in [1.54, 1.807) is 0 Å². The molecule has 0 aliphatic heterocycles. The summed E-state index contributed by atoms with van der Waals surface area (Å²) in [6, 6.07) is -0.622. The van der Waals surface area contributed by atoms with Gasteiger partial charge in [0.2, 0.25) is 0 Å². The van der Waals surface area contributed by atoms with Gasteiger partial charge in [0.1, 0.15) is 6.04 Å². The fourth-order valence-corrected chi connectivity index (χ4v) is 1.58. The van der Waals surface area contributed by atoms with Crippen molar-refractivity contribution in [1.82, 2.24) is 4.90 Å². The summed E-state index contributed by atoms with van der Waals surface area (Å²) in [6.07, 6.45) is 2.16. The highest BCUT2D eigenvalue weighted by Crippen LogP contribution is 2.12. The van der Waals surface area contributed by atoms with E-state index in [9.17, 15) is 9.90 Å². The van der Waals surface area contributed by atoms with Crippen LogP contribution < -0.4 is 11.5 Å². The number of likely N-dealkylation sites (N-methyl/N-ethyl adjacent to an activating group) is 1. The van der Waals surface area contributed by atoms with Crippen LogP contribution >= 0.6 is 0 Å². The van der Waals surface area contributed by atoms with Crippen LogP contribution in [-0.2, 0) is 4.79 Å². The Morgan fingerprint density at radius 3 is 2.71 bits per heavy atom. The van der Waals surface area contributed by atoms with Crippen LogP contribution in [-0.4, -0.2) is 48.0 Å². The second kappa shape index (κ2) is 8.72. The van der Waals surface area contributed by atoms with Crippen LogP contribution in [0.5, 0.6) is 0 Å². The highest BCUT2D eigenvalue weighted by atomic mass is 16.4. The zero-order valence-electron chi connectivity index (χ0n) is 10.3. The number of carboxylic acids is 1. The Kier molecular flexibility index (Phi) is 8.00. The van der Waals surface area contributed by atoms with Gasteiger partial charge < -0.3 is 16.6 Å². The van der Waals surface area contributed by atoms with Gasteiger partial charge in [-0.1, -0.05) is 13.5 Å². The van der Waals surface area contributed by atoms with Gasteiger partial charge in [-0.3, -0.25) is 9.69 Å². The Bertz CT molecular complexity index is 279. The third kappa shape index (κ3) is 6.03. The van der Waals surface area contributed by atoms with E-state index in [4.69, 9.17) is 11.5 Å². The molecule has 0 rings (SSSR count). The fraction of sp³-hybridized carbons (Fsp3) is 0.636. The summed E-state index contributed by atoms with van der Waals surface area (Å²) in [4.78, 5) is 16.8.